The van der Waals surface area contributed by atoms with Crippen molar-refractivity contribution in [2.75, 3.05) is 10.6 Å². The molecule has 0 aromatic heterocycles. The van der Waals surface area contributed by atoms with E-state index < -0.39 is 45.5 Å². The van der Waals surface area contributed by atoms with Crippen LogP contribution >= 0.6 is 11.6 Å². The van der Waals surface area contributed by atoms with Crippen LogP contribution in [0.4, 0.5) is 20.6 Å². The van der Waals surface area contributed by atoms with E-state index in [9.17, 15) is 28.2 Å². The maximum atomic E-state index is 15.1. The lowest BCUT2D eigenvalue weighted by molar-refractivity contribution is -0.122. The lowest BCUT2D eigenvalue weighted by atomic mass is 9.95. The van der Waals surface area contributed by atoms with Gasteiger partial charge < -0.3 is 26.2 Å². The Kier molecular flexibility index (Phi) is 7.72. The molecule has 0 bridgehead atoms. The monoisotopic (exact) mass is 562 g/mol. The number of hydrogen-bond acceptors (Lipinski definition) is 6. The third-order valence-electron chi connectivity index (χ3n) is 6.17. The van der Waals surface area contributed by atoms with Crippen molar-refractivity contribution in [3.63, 3.8) is 0 Å². The van der Waals surface area contributed by atoms with Crippen molar-refractivity contribution in [3.05, 3.63) is 77.6 Å². The van der Waals surface area contributed by atoms with E-state index in [0.29, 0.717) is 10.7 Å². The summed E-state index contributed by atoms with van der Waals surface area (Å²) < 4.78 is 38.9. The topological polar surface area (TPSA) is 171 Å². The van der Waals surface area contributed by atoms with Crippen molar-refractivity contribution < 1.29 is 32.6 Å². The molecule has 38 heavy (non-hydrogen) atoms. The van der Waals surface area contributed by atoms with Crippen molar-refractivity contribution in [2.24, 2.45) is 5.14 Å². The van der Waals surface area contributed by atoms with Gasteiger partial charge in [0.25, 0.3) is 0 Å². The van der Waals surface area contributed by atoms with E-state index in [0.717, 1.165) is 6.07 Å². The smallest absolute Gasteiger partial charge is 0.320 e. The fourth-order valence-corrected chi connectivity index (χ4v) is 5.19. The minimum absolute atomic E-state index is 0.172. The predicted octanol–water partition coefficient (Wildman–Crippen LogP) is 2.81. The second kappa shape index (κ2) is 10.7. The van der Waals surface area contributed by atoms with Crippen molar-refractivity contribution >= 4 is 44.9 Å². The lowest BCUT2D eigenvalue weighted by Crippen LogP contribution is -2.56. The normalized spacial score (nSPS) is 21.1. The third kappa shape index (κ3) is 5.95. The molecule has 10 nitrogen and oxygen atoms in total. The number of anilines is 2. The number of sulfonamides is 1. The van der Waals surface area contributed by atoms with Gasteiger partial charge in [0.15, 0.2) is 0 Å². The number of carbonyl (C=O) groups is 2. The zero-order chi connectivity index (χ0) is 27.7. The van der Waals surface area contributed by atoms with E-state index in [2.05, 4.69) is 16.0 Å². The summed E-state index contributed by atoms with van der Waals surface area (Å²) in [5.41, 5.74) is -1.27. The van der Waals surface area contributed by atoms with Gasteiger partial charge in [-0.25, -0.2) is 22.7 Å². The van der Waals surface area contributed by atoms with E-state index >= 15 is 4.39 Å². The second-order valence-corrected chi connectivity index (χ2v) is 10.9. The van der Waals surface area contributed by atoms with E-state index in [4.69, 9.17) is 16.7 Å². The molecule has 3 aromatic carbocycles. The molecule has 1 fully saturated rings. The average Bonchev–Trinajstić information content (AvgIpc) is 3.15. The molecule has 3 amide bonds. The Bertz CT molecular complexity index is 1480. The van der Waals surface area contributed by atoms with E-state index in [1.807, 2.05) is 0 Å². The van der Waals surface area contributed by atoms with Gasteiger partial charge >= 0.3 is 6.03 Å². The number of hydrogen-bond donors (Lipinski definition) is 6. The van der Waals surface area contributed by atoms with Gasteiger partial charge in [-0.05, 0) is 48.0 Å². The molecule has 1 aliphatic rings. The van der Waals surface area contributed by atoms with Crippen LogP contribution < -0.4 is 21.1 Å². The molecule has 0 spiro atoms. The average molecular weight is 563 g/mol. The van der Waals surface area contributed by atoms with Crippen molar-refractivity contribution in [3.8, 4) is 11.1 Å². The molecule has 2 unspecified atom stereocenters. The number of nitrogens with one attached hydrogen (secondary N) is 3. The Morgan fingerprint density at radius 3 is 2.21 bits per heavy atom. The van der Waals surface area contributed by atoms with Crippen LogP contribution in [0.15, 0.2) is 71.6 Å². The number of nitrogens with two attached hydrogens (primary N) is 1. The first-order chi connectivity index (χ1) is 17.9. The number of carbonyl (C=O) groups excluding carboxylic acids is 2. The maximum Gasteiger partial charge on any atom is 0.320 e. The van der Waals surface area contributed by atoms with E-state index in [1.165, 1.54) is 42.5 Å². The first-order valence-corrected chi connectivity index (χ1v) is 13.2. The summed E-state index contributed by atoms with van der Waals surface area (Å²) in [6.07, 6.45) is -3.26. The number of amides is 3. The molecule has 200 valence electrons. The van der Waals surface area contributed by atoms with Gasteiger partial charge in [0.2, 0.25) is 15.9 Å². The Morgan fingerprint density at radius 1 is 0.974 bits per heavy atom. The standard InChI is InChI=1S/C25H24ClFN4O6S/c26-15-6-8-16(9-7-15)29-24(35)31-25(12-20(32)21(33)13-25)23(34)30-19-10-5-14(11-18(19)27)17-3-1-2-4-22(17)38(28,36)37/h1-11,20-21,32-33H,12-13H2,(H,30,34)(H2,28,36,37)(H2,29,31,35). The molecule has 0 aliphatic heterocycles. The number of aliphatic hydroxyl groups excluding tert-OH is 2. The van der Waals surface area contributed by atoms with Gasteiger partial charge in [0.1, 0.15) is 11.4 Å². The first-order valence-electron chi connectivity index (χ1n) is 11.3. The third-order valence-corrected chi connectivity index (χ3v) is 7.39. The van der Waals surface area contributed by atoms with Crippen LogP contribution in [-0.4, -0.2) is 48.3 Å². The number of aliphatic hydroxyl groups is 2. The Labute approximate surface area is 222 Å². The number of urea groups is 1. The number of rotatable bonds is 6. The van der Waals surface area contributed by atoms with Gasteiger partial charge in [0, 0.05) is 29.1 Å². The summed E-state index contributed by atoms with van der Waals surface area (Å²) in [4.78, 5) is 25.8. The molecule has 13 heteroatoms. The van der Waals surface area contributed by atoms with Crippen LogP contribution in [0.1, 0.15) is 12.8 Å². The summed E-state index contributed by atoms with van der Waals surface area (Å²) >= 11 is 5.84. The highest BCUT2D eigenvalue weighted by Gasteiger charge is 2.50. The number of primary sulfonamides is 1. The summed E-state index contributed by atoms with van der Waals surface area (Å²) in [5.74, 6) is -1.75. The highest BCUT2D eigenvalue weighted by atomic mass is 35.5. The van der Waals surface area contributed by atoms with Gasteiger partial charge in [-0.15, -0.1) is 0 Å². The van der Waals surface area contributed by atoms with E-state index in [1.54, 1.807) is 18.2 Å². The zero-order valence-corrected chi connectivity index (χ0v) is 21.3. The number of benzene rings is 3. The largest absolute Gasteiger partial charge is 0.390 e. The molecule has 4 rings (SSSR count). The van der Waals surface area contributed by atoms with Crippen LogP contribution in [0.3, 0.4) is 0 Å². The molecular formula is C25H24ClFN4O6S. The summed E-state index contributed by atoms with van der Waals surface area (Å²) in [5, 5.41) is 33.4. The van der Waals surface area contributed by atoms with Crippen molar-refractivity contribution in [1.29, 1.82) is 0 Å². The van der Waals surface area contributed by atoms with Crippen LogP contribution in [0.2, 0.25) is 5.02 Å². The molecule has 0 heterocycles. The van der Waals surface area contributed by atoms with E-state index in [-0.39, 0.29) is 34.6 Å². The Balaban J connectivity index is 1.57. The van der Waals surface area contributed by atoms with Gasteiger partial charge in [-0.1, -0.05) is 35.9 Å². The number of halogens is 2. The van der Waals surface area contributed by atoms with Crippen molar-refractivity contribution in [1.82, 2.24) is 5.32 Å². The van der Waals surface area contributed by atoms with Crippen LogP contribution in [-0.2, 0) is 14.8 Å². The molecule has 2 atom stereocenters. The zero-order valence-electron chi connectivity index (χ0n) is 19.7. The lowest BCUT2D eigenvalue weighted by Gasteiger charge is -2.29. The quantitative estimate of drug-likeness (QED) is 0.270. The van der Waals surface area contributed by atoms with Gasteiger partial charge in [-0.2, -0.15) is 0 Å². The SMILES string of the molecule is NS(=O)(=O)c1ccccc1-c1ccc(NC(=O)C2(NC(=O)Nc3ccc(Cl)cc3)CC(O)C(O)C2)c(F)c1. The molecule has 0 saturated heterocycles. The molecule has 0 radical (unpaired) electrons. The highest BCUT2D eigenvalue weighted by Crippen LogP contribution is 2.34. The first kappa shape index (κ1) is 27.5. The van der Waals surface area contributed by atoms with Crippen molar-refractivity contribution in [2.45, 2.75) is 35.5 Å². The minimum Gasteiger partial charge on any atom is -0.390 e. The predicted molar refractivity (Wildman–Crippen MR) is 139 cm³/mol. The fraction of sp³-hybridized carbons (Fsp3) is 0.200. The fourth-order valence-electron chi connectivity index (χ4n) is 4.31. The van der Waals surface area contributed by atoms with Gasteiger partial charge in [0.05, 0.1) is 22.8 Å². The molecule has 1 saturated carbocycles. The molecule has 1 aliphatic carbocycles. The molecular weight excluding hydrogens is 539 g/mol. The maximum absolute atomic E-state index is 15.1. The summed E-state index contributed by atoms with van der Waals surface area (Å²) in [6.45, 7) is 0. The van der Waals surface area contributed by atoms with Crippen LogP contribution in [0.25, 0.3) is 11.1 Å². The van der Waals surface area contributed by atoms with Crippen LogP contribution in [0.5, 0.6) is 0 Å². The summed E-state index contributed by atoms with van der Waals surface area (Å²) in [6, 6.07) is 14.9. The summed E-state index contributed by atoms with van der Waals surface area (Å²) in [7, 11) is -4.08. The molecule has 7 N–H and O–H groups in total. The molecule has 3 aromatic rings. The van der Waals surface area contributed by atoms with Crippen LogP contribution in [0, 0.1) is 5.82 Å². The minimum atomic E-state index is -4.08. The Hall–Kier alpha value is -3.55. The Morgan fingerprint density at radius 2 is 1.61 bits per heavy atom. The highest BCUT2D eigenvalue weighted by molar-refractivity contribution is 7.89. The second-order valence-electron chi connectivity index (χ2n) is 8.90. The van der Waals surface area contributed by atoms with Gasteiger partial charge in [-0.3, -0.25) is 4.79 Å².